The molecule has 11 heteroatoms. The van der Waals surface area contributed by atoms with E-state index < -0.39 is 22.5 Å². The van der Waals surface area contributed by atoms with E-state index in [0.717, 1.165) is 85.4 Å². The third-order valence-corrected chi connectivity index (χ3v) is 7.03. The van der Waals surface area contributed by atoms with E-state index in [1.165, 1.54) is 0 Å². The Hall–Kier alpha value is -2.40. The Morgan fingerprint density at radius 3 is 2.63 bits per heavy atom. The Morgan fingerprint density at radius 1 is 1.27 bits per heavy atom. The van der Waals surface area contributed by atoms with Crippen LogP contribution in [0.3, 0.4) is 0 Å². The highest BCUT2D eigenvalue weighted by atomic mass is 32.2. The maximum Gasteiger partial charge on any atom is 0.354 e. The summed E-state index contributed by atoms with van der Waals surface area (Å²) < 4.78 is 42.1. The summed E-state index contributed by atoms with van der Waals surface area (Å²) in [6, 6.07) is 0.217. The first-order valence-electron chi connectivity index (χ1n) is 10.1. The van der Waals surface area contributed by atoms with Crippen LogP contribution in [0.5, 0.6) is 0 Å². The molecule has 0 spiro atoms. The van der Waals surface area contributed by atoms with Gasteiger partial charge in [-0.3, -0.25) is 4.98 Å². The number of pyridine rings is 1. The van der Waals surface area contributed by atoms with Gasteiger partial charge in [-0.15, -0.1) is 4.36 Å². The van der Waals surface area contributed by atoms with E-state index >= 15 is 0 Å². The quantitative estimate of drug-likeness (QED) is 0.741. The molecule has 1 atom stereocenters. The van der Waals surface area contributed by atoms with Gasteiger partial charge in [-0.1, -0.05) is 0 Å². The van der Waals surface area contributed by atoms with Crippen molar-refractivity contribution in [3.8, 4) is 0 Å². The Morgan fingerprint density at radius 2 is 2.00 bits per heavy atom. The normalized spacial score (nSPS) is 20.1. The molecule has 3 N–H and O–H groups in total. The molecule has 2 heterocycles. The SMILES string of the molecule is NS(=O)(=NC(=O)Nc1c2c(nc(C3CC3)c1C1CC1)CCC2)c1ccn(C(F)F)n1. The van der Waals surface area contributed by atoms with Gasteiger partial charge in [0.1, 0.15) is 0 Å². The van der Waals surface area contributed by atoms with Crippen molar-refractivity contribution in [3.63, 3.8) is 0 Å². The highest BCUT2D eigenvalue weighted by Crippen LogP contribution is 2.52. The first-order chi connectivity index (χ1) is 14.3. The molecule has 2 fully saturated rings. The van der Waals surface area contributed by atoms with Crippen LogP contribution in [0.25, 0.3) is 0 Å². The average Bonchev–Trinajstić information content (AvgIpc) is 3.59. The molecule has 0 aromatic carbocycles. The van der Waals surface area contributed by atoms with Crippen LogP contribution in [0.15, 0.2) is 21.7 Å². The van der Waals surface area contributed by atoms with Crippen LogP contribution in [0.4, 0.5) is 19.3 Å². The fourth-order valence-electron chi connectivity index (χ4n) is 4.10. The van der Waals surface area contributed by atoms with Crippen molar-refractivity contribution in [3.05, 3.63) is 34.8 Å². The Labute approximate surface area is 172 Å². The number of aromatic nitrogens is 3. The van der Waals surface area contributed by atoms with Gasteiger partial charge in [-0.05, 0) is 62.5 Å². The van der Waals surface area contributed by atoms with Crippen molar-refractivity contribution < 1.29 is 17.8 Å². The van der Waals surface area contributed by atoms with E-state index in [9.17, 15) is 17.8 Å². The van der Waals surface area contributed by atoms with Gasteiger partial charge in [0.15, 0.2) is 14.9 Å². The van der Waals surface area contributed by atoms with Gasteiger partial charge in [-0.25, -0.2) is 18.8 Å². The average molecular weight is 436 g/mol. The van der Waals surface area contributed by atoms with E-state index in [1.54, 1.807) is 0 Å². The number of rotatable bonds is 5. The first kappa shape index (κ1) is 19.6. The molecule has 1 unspecified atom stereocenters. The number of hydrogen-bond donors (Lipinski definition) is 2. The summed E-state index contributed by atoms with van der Waals surface area (Å²) in [7, 11) is -3.76. The molecule has 30 heavy (non-hydrogen) atoms. The molecule has 3 aliphatic rings. The molecule has 3 aliphatic carbocycles. The minimum absolute atomic E-state index is 0.318. The maximum atomic E-state index is 12.7. The lowest BCUT2D eigenvalue weighted by atomic mass is 9.98. The molecular formula is C19H22F2N6O2S. The smallest absolute Gasteiger partial charge is 0.305 e. The second kappa shape index (κ2) is 7.09. The molecule has 2 aromatic heterocycles. The summed E-state index contributed by atoms with van der Waals surface area (Å²) >= 11 is 0. The summed E-state index contributed by atoms with van der Waals surface area (Å²) in [5.41, 5.74) is 4.95. The number of urea groups is 1. The minimum atomic E-state index is -3.76. The Kier molecular flexibility index (Phi) is 4.62. The van der Waals surface area contributed by atoms with E-state index in [4.69, 9.17) is 10.1 Å². The number of fused-ring (bicyclic) bond motifs is 1. The molecule has 5 rings (SSSR count). The maximum absolute atomic E-state index is 12.7. The number of nitrogens with one attached hydrogen (secondary N) is 1. The largest absolute Gasteiger partial charge is 0.354 e. The van der Waals surface area contributed by atoms with Gasteiger partial charge in [0.05, 0.1) is 5.69 Å². The van der Waals surface area contributed by atoms with Gasteiger partial charge in [-0.2, -0.15) is 13.9 Å². The zero-order valence-corrected chi connectivity index (χ0v) is 17.0. The molecule has 2 aromatic rings. The number of carbonyl (C=O) groups excluding carboxylic acids is 1. The molecule has 2 saturated carbocycles. The van der Waals surface area contributed by atoms with Crippen molar-refractivity contribution in [1.29, 1.82) is 0 Å². The van der Waals surface area contributed by atoms with E-state index in [0.29, 0.717) is 16.5 Å². The van der Waals surface area contributed by atoms with Crippen molar-refractivity contribution in [2.45, 2.75) is 68.4 Å². The number of carbonyl (C=O) groups is 1. The number of amides is 2. The van der Waals surface area contributed by atoms with Gasteiger partial charge in [0.2, 0.25) is 0 Å². The van der Waals surface area contributed by atoms with Crippen LogP contribution in [0.2, 0.25) is 0 Å². The molecule has 0 radical (unpaired) electrons. The third-order valence-electron chi connectivity index (χ3n) is 5.77. The second-order valence-corrected chi connectivity index (χ2v) is 9.85. The number of alkyl halides is 2. The Bertz CT molecular complexity index is 1150. The lowest BCUT2D eigenvalue weighted by molar-refractivity contribution is 0.0554. The Balaban J connectivity index is 1.50. The molecule has 0 saturated heterocycles. The monoisotopic (exact) mass is 436 g/mol. The highest BCUT2D eigenvalue weighted by molar-refractivity contribution is 7.91. The van der Waals surface area contributed by atoms with E-state index in [2.05, 4.69) is 14.8 Å². The topological polar surface area (TPSA) is 115 Å². The minimum Gasteiger partial charge on any atom is -0.305 e. The molecule has 0 aliphatic heterocycles. The predicted octanol–water partition coefficient (Wildman–Crippen LogP) is 3.85. The summed E-state index contributed by atoms with van der Waals surface area (Å²) in [6.07, 6.45) is 7.93. The summed E-state index contributed by atoms with van der Waals surface area (Å²) in [6.45, 7) is -2.90. The van der Waals surface area contributed by atoms with Crippen molar-refractivity contribution in [2.24, 2.45) is 9.50 Å². The zero-order chi connectivity index (χ0) is 21.0. The lowest BCUT2D eigenvalue weighted by Gasteiger charge is -2.18. The molecular weight excluding hydrogens is 414 g/mol. The van der Waals surface area contributed by atoms with Crippen LogP contribution in [-0.2, 0) is 22.8 Å². The fourth-order valence-corrected chi connectivity index (χ4v) is 4.95. The van der Waals surface area contributed by atoms with Crippen LogP contribution >= 0.6 is 0 Å². The molecule has 0 bridgehead atoms. The molecule has 160 valence electrons. The third kappa shape index (κ3) is 3.60. The van der Waals surface area contributed by atoms with Crippen LogP contribution in [0, 0.1) is 0 Å². The van der Waals surface area contributed by atoms with Gasteiger partial charge >= 0.3 is 12.6 Å². The fraction of sp³-hybridized carbons (Fsp3) is 0.526. The summed E-state index contributed by atoms with van der Waals surface area (Å²) in [5.74, 6) is 0.814. The summed E-state index contributed by atoms with van der Waals surface area (Å²) in [5, 5.41) is 11.6. The molecule has 8 nitrogen and oxygen atoms in total. The highest BCUT2D eigenvalue weighted by Gasteiger charge is 2.38. The molecule has 2 amide bonds. The number of anilines is 1. The first-order valence-corrected chi connectivity index (χ1v) is 11.7. The number of aryl methyl sites for hydroxylation is 1. The van der Waals surface area contributed by atoms with Crippen LogP contribution in [0.1, 0.15) is 73.0 Å². The number of nitrogens with zero attached hydrogens (tertiary/aromatic N) is 4. The second-order valence-electron chi connectivity index (χ2n) is 8.11. The predicted molar refractivity (Wildman–Crippen MR) is 106 cm³/mol. The van der Waals surface area contributed by atoms with Gasteiger partial charge in [0.25, 0.3) is 0 Å². The van der Waals surface area contributed by atoms with Gasteiger partial charge < -0.3 is 5.32 Å². The standard InChI is InChI=1S/C19H22F2N6O2S/c20-18(21)27-9-8-14(25-27)30(22,29)26-19(28)24-17-12-2-1-3-13(12)23-16(11-6-7-11)15(17)10-4-5-10/h8-11,18H,1-7H2,(H3,22,23,24,26,28,29). The van der Waals surface area contributed by atoms with Crippen LogP contribution < -0.4 is 10.5 Å². The van der Waals surface area contributed by atoms with Crippen molar-refractivity contribution >= 4 is 21.6 Å². The van der Waals surface area contributed by atoms with Crippen LogP contribution in [-0.4, -0.2) is 25.0 Å². The van der Waals surface area contributed by atoms with Gasteiger partial charge in [0, 0.05) is 29.1 Å². The number of nitrogens with two attached hydrogens (primary N) is 1. The van der Waals surface area contributed by atoms with Crippen molar-refractivity contribution in [2.75, 3.05) is 5.32 Å². The van der Waals surface area contributed by atoms with E-state index in [-0.39, 0.29) is 5.03 Å². The van der Waals surface area contributed by atoms with Crippen molar-refractivity contribution in [1.82, 2.24) is 14.8 Å². The summed E-state index contributed by atoms with van der Waals surface area (Å²) in [4.78, 5) is 17.6. The van der Waals surface area contributed by atoms with E-state index in [1.807, 2.05) is 0 Å². The number of hydrogen-bond acceptors (Lipinski definition) is 4. The zero-order valence-electron chi connectivity index (χ0n) is 16.2. The number of halogens is 2. The lowest BCUT2D eigenvalue weighted by Crippen LogP contribution is -2.20.